The molecule has 11 heteroatoms. The number of rotatable bonds is 15. The molecule has 0 aromatic rings. The molecule has 3 rings (SSSR count). The summed E-state index contributed by atoms with van der Waals surface area (Å²) < 4.78 is 12.0. The van der Waals surface area contributed by atoms with Gasteiger partial charge in [0, 0.05) is 64.5 Å². The van der Waals surface area contributed by atoms with E-state index in [4.69, 9.17) is 9.47 Å². The fourth-order valence-corrected chi connectivity index (χ4v) is 13.9. The highest BCUT2D eigenvalue weighted by atomic mass is 33.1. The molecule has 3 heterocycles. The summed E-state index contributed by atoms with van der Waals surface area (Å²) in [4.78, 5) is 28.3. The Kier molecular flexibility index (Phi) is 14.6. The molecule has 0 saturated carbocycles. The van der Waals surface area contributed by atoms with Crippen molar-refractivity contribution in [2.75, 3.05) is 54.3 Å². The number of carbonyl (C=O) groups excluding carboxylic acids is 2. The summed E-state index contributed by atoms with van der Waals surface area (Å²) in [6.07, 6.45) is 3.60. The highest BCUT2D eigenvalue weighted by molar-refractivity contribution is 8.77. The molecule has 220 valence electrons. The molecule has 0 aromatic heterocycles. The van der Waals surface area contributed by atoms with Crippen LogP contribution in [0.25, 0.3) is 0 Å². The number of hydrogen-bond acceptors (Lipinski definition) is 11. The summed E-state index contributed by atoms with van der Waals surface area (Å²) in [5, 5.41) is 0. The summed E-state index contributed by atoms with van der Waals surface area (Å²) in [5.41, 5.74) is -0.294. The molecule has 0 radical (unpaired) electrons. The van der Waals surface area contributed by atoms with Gasteiger partial charge in [-0.3, -0.25) is 14.5 Å². The summed E-state index contributed by atoms with van der Waals surface area (Å²) in [5.74, 6) is 8.05. The van der Waals surface area contributed by atoms with Gasteiger partial charge in [-0.15, -0.1) is 0 Å². The van der Waals surface area contributed by atoms with Gasteiger partial charge in [-0.25, -0.2) is 0 Å². The van der Waals surface area contributed by atoms with E-state index in [1.54, 1.807) is 0 Å². The minimum absolute atomic E-state index is 0.0139. The summed E-state index contributed by atoms with van der Waals surface area (Å²) in [7, 11) is 11.6. The van der Waals surface area contributed by atoms with Crippen LogP contribution in [0, 0.1) is 23.2 Å². The average molecular weight is 642 g/mol. The number of carbonyl (C=O) groups is 2. The van der Waals surface area contributed by atoms with Gasteiger partial charge < -0.3 is 9.47 Å². The molecule has 3 aliphatic heterocycles. The van der Waals surface area contributed by atoms with Crippen molar-refractivity contribution in [3.63, 3.8) is 0 Å². The van der Waals surface area contributed by atoms with Gasteiger partial charge in [-0.2, -0.15) is 0 Å². The third-order valence-corrected chi connectivity index (χ3v) is 15.2. The van der Waals surface area contributed by atoms with Gasteiger partial charge in [0.15, 0.2) is 0 Å². The summed E-state index contributed by atoms with van der Waals surface area (Å²) >= 11 is 0. The van der Waals surface area contributed by atoms with Crippen LogP contribution in [-0.4, -0.2) is 82.7 Å². The number of esters is 2. The van der Waals surface area contributed by atoms with E-state index in [1.807, 2.05) is 64.8 Å². The first-order valence-corrected chi connectivity index (χ1v) is 21.3. The van der Waals surface area contributed by atoms with Gasteiger partial charge in [0.25, 0.3) is 0 Å². The molecule has 0 unspecified atom stereocenters. The molecule has 0 N–H and O–H groups in total. The largest absolute Gasteiger partial charge is 0.465 e. The second-order valence-corrected chi connectivity index (χ2v) is 20.0. The van der Waals surface area contributed by atoms with Crippen molar-refractivity contribution in [2.24, 2.45) is 23.2 Å². The Morgan fingerprint density at radius 1 is 0.763 bits per heavy atom. The van der Waals surface area contributed by atoms with Crippen molar-refractivity contribution >= 4 is 76.7 Å². The minimum Gasteiger partial charge on any atom is -0.465 e. The lowest BCUT2D eigenvalue weighted by Crippen LogP contribution is -2.50. The van der Waals surface area contributed by atoms with Crippen molar-refractivity contribution in [3.8, 4) is 0 Å². The highest BCUT2D eigenvalue weighted by Gasteiger charge is 2.40. The van der Waals surface area contributed by atoms with Crippen molar-refractivity contribution in [1.82, 2.24) is 4.90 Å². The molecule has 0 aromatic carbocycles. The van der Waals surface area contributed by atoms with Crippen LogP contribution in [0.3, 0.4) is 0 Å². The van der Waals surface area contributed by atoms with Gasteiger partial charge in [0.05, 0.1) is 6.42 Å². The van der Waals surface area contributed by atoms with Crippen LogP contribution in [0.5, 0.6) is 0 Å². The van der Waals surface area contributed by atoms with Crippen molar-refractivity contribution in [2.45, 2.75) is 78.3 Å². The number of hydrogen-bond donors (Lipinski definition) is 0. The van der Waals surface area contributed by atoms with E-state index in [0.717, 1.165) is 60.3 Å². The number of ether oxygens (including phenoxy) is 2. The van der Waals surface area contributed by atoms with Crippen LogP contribution in [-0.2, 0) is 19.1 Å². The lowest BCUT2D eigenvalue weighted by molar-refractivity contribution is -0.156. The van der Waals surface area contributed by atoms with Gasteiger partial charge >= 0.3 is 11.9 Å². The van der Waals surface area contributed by atoms with E-state index in [1.165, 1.54) is 0 Å². The highest BCUT2D eigenvalue weighted by Crippen LogP contribution is 2.46. The lowest BCUT2D eigenvalue weighted by Gasteiger charge is -2.40. The zero-order valence-electron chi connectivity index (χ0n) is 23.7. The lowest BCUT2D eigenvalue weighted by atomic mass is 9.75. The topological polar surface area (TPSA) is 55.8 Å². The predicted molar refractivity (Wildman–Crippen MR) is 174 cm³/mol. The standard InChI is InChI=1S/C27H47NO4S6/c1-20(2)6-7-24(29)31-18-27(10-21-12-33-34-13-21,11-22-14-35-36-15-22)19-32-25(30)8-9-28(26(3,4)5)23-16-37-38-17-23/h20-23H,6-19H2,1-5H3. The second kappa shape index (κ2) is 16.6. The van der Waals surface area contributed by atoms with Crippen LogP contribution in [0.15, 0.2) is 0 Å². The van der Waals surface area contributed by atoms with Crippen LogP contribution in [0.1, 0.15) is 66.7 Å². The van der Waals surface area contributed by atoms with Gasteiger partial charge in [0.1, 0.15) is 13.2 Å². The molecule has 3 aliphatic rings. The van der Waals surface area contributed by atoms with Crippen LogP contribution in [0.4, 0.5) is 0 Å². The molecule has 0 bridgehead atoms. The van der Waals surface area contributed by atoms with E-state index in [-0.39, 0.29) is 22.9 Å². The molecule has 0 amide bonds. The predicted octanol–water partition coefficient (Wildman–Crippen LogP) is 7.55. The Labute approximate surface area is 254 Å². The van der Waals surface area contributed by atoms with Crippen LogP contribution < -0.4 is 0 Å². The van der Waals surface area contributed by atoms with E-state index >= 15 is 0 Å². The Bertz CT molecular complexity index is 714. The molecular formula is C27H47NO4S6. The smallest absolute Gasteiger partial charge is 0.307 e. The molecule has 3 saturated heterocycles. The normalized spacial score (nSPS) is 20.2. The average Bonchev–Trinajstić information content (AvgIpc) is 3.64. The zero-order chi connectivity index (χ0) is 27.6. The third-order valence-electron chi connectivity index (χ3n) is 7.29. The Balaban J connectivity index is 1.65. The van der Waals surface area contributed by atoms with Crippen LogP contribution in [0.2, 0.25) is 0 Å². The fraction of sp³-hybridized carbons (Fsp3) is 0.926. The van der Waals surface area contributed by atoms with Crippen molar-refractivity contribution < 1.29 is 19.1 Å². The van der Waals surface area contributed by atoms with Crippen molar-refractivity contribution in [1.29, 1.82) is 0 Å². The zero-order valence-corrected chi connectivity index (χ0v) is 28.6. The van der Waals surface area contributed by atoms with Gasteiger partial charge in [-0.1, -0.05) is 78.6 Å². The van der Waals surface area contributed by atoms with E-state index in [0.29, 0.717) is 49.9 Å². The quantitative estimate of drug-likeness (QED) is 0.132. The molecule has 3 fully saturated rings. The fourth-order valence-electron chi connectivity index (χ4n) is 5.27. The first-order chi connectivity index (χ1) is 18.1. The molecule has 0 atom stereocenters. The van der Waals surface area contributed by atoms with Crippen LogP contribution >= 0.6 is 64.8 Å². The molecule has 0 aliphatic carbocycles. The Hall–Kier alpha value is 1.000. The van der Waals surface area contributed by atoms with E-state index in [2.05, 4.69) is 39.5 Å². The maximum atomic E-state index is 13.1. The SMILES string of the molecule is CC(C)CCC(=O)OCC(COC(=O)CCN(C1CSSC1)C(C)(C)C)(CC1CSSC1)CC1CSSC1. The van der Waals surface area contributed by atoms with Gasteiger partial charge in [0.2, 0.25) is 0 Å². The van der Waals surface area contributed by atoms with Crippen molar-refractivity contribution in [3.05, 3.63) is 0 Å². The van der Waals surface area contributed by atoms with E-state index < -0.39 is 0 Å². The van der Waals surface area contributed by atoms with E-state index in [9.17, 15) is 9.59 Å². The van der Waals surface area contributed by atoms with Gasteiger partial charge in [-0.05, 0) is 57.8 Å². The third kappa shape index (κ3) is 11.7. The first kappa shape index (κ1) is 33.5. The maximum Gasteiger partial charge on any atom is 0.307 e. The maximum absolute atomic E-state index is 13.1. The minimum atomic E-state index is -0.308. The summed E-state index contributed by atoms with van der Waals surface area (Å²) in [6, 6.07) is 0.497. The summed E-state index contributed by atoms with van der Waals surface area (Å²) in [6.45, 7) is 12.4. The molecule has 5 nitrogen and oxygen atoms in total. The molecule has 38 heavy (non-hydrogen) atoms. The molecule has 0 spiro atoms. The first-order valence-electron chi connectivity index (χ1n) is 13.9. The Morgan fingerprint density at radius 3 is 1.66 bits per heavy atom. The monoisotopic (exact) mass is 641 g/mol. The second-order valence-electron chi connectivity index (χ2n) is 12.4. The number of nitrogens with zero attached hydrogens (tertiary/aromatic N) is 1. The molecular weight excluding hydrogens is 595 g/mol. The Morgan fingerprint density at radius 2 is 1.21 bits per heavy atom.